The fourth-order valence-corrected chi connectivity index (χ4v) is 7.13. The van der Waals surface area contributed by atoms with Crippen molar-refractivity contribution in [2.45, 2.75) is 82.5 Å². The van der Waals surface area contributed by atoms with Crippen LogP contribution >= 0.6 is 0 Å². The molecule has 38 heavy (non-hydrogen) atoms. The summed E-state index contributed by atoms with van der Waals surface area (Å²) >= 11 is 0. The second-order valence-electron chi connectivity index (χ2n) is 12.1. The minimum atomic E-state index is -0.598. The van der Waals surface area contributed by atoms with Crippen molar-refractivity contribution < 1.29 is 18.9 Å². The molecule has 3 N–H and O–H groups in total. The maximum atomic E-state index is 14.4. The Morgan fingerprint density at radius 1 is 1.05 bits per heavy atom. The molecule has 208 valence electrons. The van der Waals surface area contributed by atoms with Crippen molar-refractivity contribution in [2.24, 2.45) is 5.92 Å². The van der Waals surface area contributed by atoms with Crippen LogP contribution in [-0.4, -0.2) is 91.5 Å². The molecule has 1 aliphatic carbocycles. The lowest BCUT2D eigenvalue weighted by Gasteiger charge is -2.49. The third-order valence-electron chi connectivity index (χ3n) is 9.69. The molecular formula is C29H45N6O3+. The lowest BCUT2D eigenvalue weighted by atomic mass is 9.82. The molecule has 3 amide bonds. The van der Waals surface area contributed by atoms with E-state index in [0.717, 1.165) is 68.2 Å². The number of hydrogen-bond acceptors (Lipinski definition) is 5. The summed E-state index contributed by atoms with van der Waals surface area (Å²) in [6.07, 6.45) is 8.23. The number of quaternary nitrogens is 1. The first-order valence-corrected chi connectivity index (χ1v) is 14.6. The van der Waals surface area contributed by atoms with Crippen LogP contribution in [0.1, 0.15) is 57.4 Å². The molecule has 5 atom stereocenters. The Labute approximate surface area is 226 Å². The monoisotopic (exact) mass is 525 g/mol. The number of anilines is 1. The van der Waals surface area contributed by atoms with E-state index in [1.165, 1.54) is 12.0 Å². The molecule has 3 fully saturated rings. The normalized spacial score (nSPS) is 28.8. The van der Waals surface area contributed by atoms with Crippen LogP contribution in [0.4, 0.5) is 5.69 Å². The summed E-state index contributed by atoms with van der Waals surface area (Å²) in [5.74, 6) is -0.278. The van der Waals surface area contributed by atoms with E-state index in [-0.39, 0.29) is 29.7 Å². The Morgan fingerprint density at radius 3 is 2.58 bits per heavy atom. The van der Waals surface area contributed by atoms with E-state index >= 15 is 0 Å². The van der Waals surface area contributed by atoms with Crippen LogP contribution in [0.15, 0.2) is 24.3 Å². The van der Waals surface area contributed by atoms with Crippen molar-refractivity contribution in [3.8, 4) is 0 Å². The molecule has 9 nitrogen and oxygen atoms in total. The molecule has 5 rings (SSSR count). The highest BCUT2D eigenvalue weighted by Crippen LogP contribution is 2.34. The van der Waals surface area contributed by atoms with Gasteiger partial charge in [-0.05, 0) is 50.8 Å². The van der Waals surface area contributed by atoms with Gasteiger partial charge in [0.05, 0.1) is 31.9 Å². The summed E-state index contributed by atoms with van der Waals surface area (Å²) in [4.78, 5) is 43.1. The Balaban J connectivity index is 1.40. The summed E-state index contributed by atoms with van der Waals surface area (Å²) in [7, 11) is 3.99. The van der Waals surface area contributed by atoms with Gasteiger partial charge in [-0.15, -0.1) is 0 Å². The zero-order valence-electron chi connectivity index (χ0n) is 23.2. The lowest BCUT2D eigenvalue weighted by Crippen LogP contribution is -2.71. The first kappa shape index (κ1) is 26.9. The number of rotatable bonds is 7. The first-order valence-electron chi connectivity index (χ1n) is 14.6. The predicted octanol–water partition coefficient (Wildman–Crippen LogP) is 1.57. The van der Waals surface area contributed by atoms with Gasteiger partial charge in [0, 0.05) is 19.4 Å². The summed E-state index contributed by atoms with van der Waals surface area (Å²) in [6, 6.07) is 6.92. The highest BCUT2D eigenvalue weighted by atomic mass is 16.2. The zero-order chi connectivity index (χ0) is 26.9. The fraction of sp³-hybridized carbons (Fsp3) is 0.690. The number of hydrazine groups is 1. The average Bonchev–Trinajstić information content (AvgIpc) is 3.53. The molecule has 1 saturated carbocycles. The van der Waals surface area contributed by atoms with Gasteiger partial charge in [0.1, 0.15) is 18.6 Å². The van der Waals surface area contributed by atoms with Gasteiger partial charge < -0.3 is 20.0 Å². The van der Waals surface area contributed by atoms with Crippen molar-refractivity contribution >= 4 is 23.4 Å². The highest BCUT2D eigenvalue weighted by molar-refractivity contribution is 5.94. The van der Waals surface area contributed by atoms with Gasteiger partial charge in [-0.2, -0.15) is 0 Å². The number of carbonyl (C=O) groups is 3. The van der Waals surface area contributed by atoms with Crippen molar-refractivity contribution in [1.29, 1.82) is 0 Å². The molecule has 9 heteroatoms. The van der Waals surface area contributed by atoms with Gasteiger partial charge in [-0.3, -0.25) is 24.8 Å². The SMILES string of the molecule is CNC(C)C(=O)NC(C(=O)N1CC2CCC[N+]2(C)CC1C(=O)NN1CCc2ccccc21)C1CCCCC1. The Hall–Kier alpha value is -2.65. The van der Waals surface area contributed by atoms with E-state index in [1.807, 2.05) is 35.0 Å². The van der Waals surface area contributed by atoms with Crippen LogP contribution in [0.2, 0.25) is 0 Å². The first-order chi connectivity index (χ1) is 18.3. The van der Waals surface area contributed by atoms with Crippen molar-refractivity contribution in [1.82, 2.24) is 21.0 Å². The van der Waals surface area contributed by atoms with Crippen molar-refractivity contribution in [3.63, 3.8) is 0 Å². The van der Waals surface area contributed by atoms with Crippen LogP contribution in [-0.2, 0) is 20.8 Å². The van der Waals surface area contributed by atoms with Crippen molar-refractivity contribution in [3.05, 3.63) is 29.8 Å². The largest absolute Gasteiger partial charge is 0.343 e. The van der Waals surface area contributed by atoms with E-state index in [0.29, 0.717) is 19.1 Å². The van der Waals surface area contributed by atoms with Gasteiger partial charge in [-0.1, -0.05) is 37.5 Å². The van der Waals surface area contributed by atoms with Gasteiger partial charge in [0.2, 0.25) is 11.8 Å². The van der Waals surface area contributed by atoms with Gasteiger partial charge in [0.15, 0.2) is 6.04 Å². The molecule has 4 aliphatic rings. The van der Waals surface area contributed by atoms with Crippen LogP contribution in [0.25, 0.3) is 0 Å². The summed E-state index contributed by atoms with van der Waals surface area (Å²) in [5.41, 5.74) is 5.42. The van der Waals surface area contributed by atoms with Gasteiger partial charge in [0.25, 0.3) is 5.91 Å². The van der Waals surface area contributed by atoms with E-state index in [2.05, 4.69) is 29.2 Å². The maximum Gasteiger partial charge on any atom is 0.267 e. The maximum absolute atomic E-state index is 14.4. The molecule has 3 aliphatic heterocycles. The molecule has 3 heterocycles. The smallest absolute Gasteiger partial charge is 0.267 e. The zero-order valence-corrected chi connectivity index (χ0v) is 23.2. The van der Waals surface area contributed by atoms with E-state index in [1.54, 1.807) is 7.05 Å². The standard InChI is InChI=1S/C29H44N6O3/c1-20(30-2)27(36)31-26(22-11-5-4-6-12-22)29(38)33-18-23-13-9-17-35(23,3)19-25(33)28(37)32-34-16-15-21-10-7-8-14-24(21)34/h7-8,10,14,20,22-23,25-26,30H,4-6,9,11-13,15-19H2,1-3H3,(H-,31,32,36,37)/p+1. The van der Waals surface area contributed by atoms with E-state index < -0.39 is 12.1 Å². The lowest BCUT2D eigenvalue weighted by molar-refractivity contribution is -0.926. The number of nitrogens with zero attached hydrogens (tertiary/aromatic N) is 3. The average molecular weight is 526 g/mol. The summed E-state index contributed by atoms with van der Waals surface area (Å²) in [5, 5.41) is 8.04. The van der Waals surface area contributed by atoms with Crippen molar-refractivity contribution in [2.75, 3.05) is 45.3 Å². The number of likely N-dealkylation sites (N-methyl/N-ethyl adjacent to an activating group) is 2. The van der Waals surface area contributed by atoms with Crippen LogP contribution in [0.3, 0.4) is 0 Å². The van der Waals surface area contributed by atoms with E-state index in [9.17, 15) is 14.4 Å². The predicted molar refractivity (Wildman–Crippen MR) is 147 cm³/mol. The highest BCUT2D eigenvalue weighted by Gasteiger charge is 2.52. The number of hydrogen-bond donors (Lipinski definition) is 3. The minimum Gasteiger partial charge on any atom is -0.343 e. The second-order valence-corrected chi connectivity index (χ2v) is 12.1. The van der Waals surface area contributed by atoms with Gasteiger partial charge >= 0.3 is 0 Å². The third kappa shape index (κ3) is 5.27. The van der Waals surface area contributed by atoms with Crippen LogP contribution in [0, 0.1) is 5.92 Å². The Bertz CT molecular complexity index is 1040. The molecule has 1 aromatic rings. The number of piperazine rings is 1. The number of fused-ring (bicyclic) bond motifs is 2. The van der Waals surface area contributed by atoms with Crippen LogP contribution in [0.5, 0.6) is 0 Å². The number of carbonyl (C=O) groups excluding carboxylic acids is 3. The number of nitrogens with one attached hydrogen (secondary N) is 3. The summed E-state index contributed by atoms with van der Waals surface area (Å²) in [6.45, 7) is 4.74. The molecule has 2 saturated heterocycles. The fourth-order valence-electron chi connectivity index (χ4n) is 7.13. The molecule has 0 spiro atoms. The molecule has 0 aromatic heterocycles. The minimum absolute atomic E-state index is 0.0892. The van der Waals surface area contributed by atoms with E-state index in [4.69, 9.17) is 0 Å². The number of benzene rings is 1. The van der Waals surface area contributed by atoms with Crippen LogP contribution < -0.4 is 21.1 Å². The molecular weight excluding hydrogens is 480 g/mol. The number of para-hydroxylation sites is 1. The number of amides is 3. The van der Waals surface area contributed by atoms with Gasteiger partial charge in [-0.25, -0.2) is 0 Å². The molecule has 5 unspecified atom stereocenters. The molecule has 0 radical (unpaired) electrons. The molecule has 1 aromatic carbocycles. The Kier molecular flexibility index (Phi) is 7.95. The second kappa shape index (κ2) is 11.2. The quantitative estimate of drug-likeness (QED) is 0.470. The third-order valence-corrected chi connectivity index (χ3v) is 9.69. The summed E-state index contributed by atoms with van der Waals surface area (Å²) < 4.78 is 0.829. The Morgan fingerprint density at radius 2 is 1.82 bits per heavy atom. The molecule has 0 bridgehead atoms. The topological polar surface area (TPSA) is 93.8 Å².